The molecule has 0 radical (unpaired) electrons. The van der Waals surface area contributed by atoms with Gasteiger partial charge in [-0.1, -0.05) is 75.2 Å². The summed E-state index contributed by atoms with van der Waals surface area (Å²) in [6.45, 7) is 6.79. The largest absolute Gasteiger partial charge is 0.382 e. The molecule has 1 aromatic carbocycles. The number of halogens is 1. The number of rotatable bonds is 11. The van der Waals surface area contributed by atoms with Crippen LogP contribution in [0.5, 0.6) is 0 Å². The van der Waals surface area contributed by atoms with E-state index in [0.29, 0.717) is 6.04 Å². The molecule has 0 bridgehead atoms. The lowest BCUT2D eigenvalue weighted by atomic mass is 10.0. The maximum Gasteiger partial charge on any atom is 0.0375 e. The van der Waals surface area contributed by atoms with Crippen LogP contribution in [0.15, 0.2) is 22.7 Å². The summed E-state index contributed by atoms with van der Waals surface area (Å²) in [5.41, 5.74) is 2.75. The number of aryl methyl sites for hydroxylation is 1. The Labute approximate surface area is 140 Å². The minimum absolute atomic E-state index is 0.634. The Balaban J connectivity index is 2.64. The highest BCUT2D eigenvalue weighted by molar-refractivity contribution is 9.10. The summed E-state index contributed by atoms with van der Waals surface area (Å²) < 4.78 is 1.18. The molecule has 0 saturated carbocycles. The van der Waals surface area contributed by atoms with E-state index < -0.39 is 0 Å². The first-order valence-corrected chi connectivity index (χ1v) is 9.55. The summed E-state index contributed by atoms with van der Waals surface area (Å²) >= 11 is 3.58. The van der Waals surface area contributed by atoms with Gasteiger partial charge in [-0.05, 0) is 43.0 Å². The summed E-state index contributed by atoms with van der Waals surface area (Å²) in [5, 5.41) is 3.82. The van der Waals surface area contributed by atoms with E-state index in [1.807, 2.05) is 0 Å². The molecule has 1 aromatic rings. The van der Waals surface area contributed by atoms with Crippen LogP contribution >= 0.6 is 15.9 Å². The van der Waals surface area contributed by atoms with E-state index in [-0.39, 0.29) is 0 Å². The molecule has 0 aliphatic carbocycles. The highest BCUT2D eigenvalue weighted by atomic mass is 79.9. The topological polar surface area (TPSA) is 12.0 Å². The van der Waals surface area contributed by atoms with Crippen molar-refractivity contribution in [2.45, 2.75) is 84.6 Å². The molecule has 0 amide bonds. The van der Waals surface area contributed by atoms with E-state index in [9.17, 15) is 0 Å². The molecule has 2 heteroatoms. The van der Waals surface area contributed by atoms with Crippen LogP contribution in [0, 0.1) is 0 Å². The highest BCUT2D eigenvalue weighted by Crippen LogP contribution is 2.24. The van der Waals surface area contributed by atoms with E-state index in [0.717, 1.165) is 6.42 Å². The molecule has 0 aromatic heterocycles. The molecule has 0 heterocycles. The fourth-order valence-corrected chi connectivity index (χ4v) is 3.19. The van der Waals surface area contributed by atoms with E-state index in [1.165, 1.54) is 67.1 Å². The standard InChI is InChI=1S/C19H32BrN/c1-4-7-9-11-18(12-10-8-5-2)21-19-14-13-17(20)15-16(19)6-3/h13-15,18,21H,4-12H2,1-3H3. The molecule has 1 rings (SSSR count). The first kappa shape index (κ1) is 18.5. The third-order valence-electron chi connectivity index (χ3n) is 4.12. The average molecular weight is 354 g/mol. The van der Waals surface area contributed by atoms with Gasteiger partial charge in [0.25, 0.3) is 0 Å². The second-order valence-electron chi connectivity index (χ2n) is 5.99. The molecule has 0 atom stereocenters. The summed E-state index contributed by atoms with van der Waals surface area (Å²) in [7, 11) is 0. The van der Waals surface area contributed by atoms with Gasteiger partial charge in [-0.15, -0.1) is 0 Å². The zero-order valence-electron chi connectivity index (χ0n) is 14.1. The number of hydrogen-bond donors (Lipinski definition) is 1. The van der Waals surface area contributed by atoms with E-state index in [4.69, 9.17) is 0 Å². The van der Waals surface area contributed by atoms with Crippen LogP contribution in [0.1, 0.15) is 77.7 Å². The van der Waals surface area contributed by atoms with E-state index >= 15 is 0 Å². The highest BCUT2D eigenvalue weighted by Gasteiger charge is 2.10. The minimum atomic E-state index is 0.634. The molecule has 0 spiro atoms. The molecular formula is C19H32BrN. The maximum atomic E-state index is 3.82. The van der Waals surface area contributed by atoms with Gasteiger partial charge in [0.05, 0.1) is 0 Å². The summed E-state index contributed by atoms with van der Waals surface area (Å²) in [6, 6.07) is 7.26. The zero-order chi connectivity index (χ0) is 15.5. The van der Waals surface area contributed by atoms with Crippen LogP contribution in [-0.2, 0) is 6.42 Å². The van der Waals surface area contributed by atoms with Crippen molar-refractivity contribution < 1.29 is 0 Å². The summed E-state index contributed by atoms with van der Waals surface area (Å²) in [4.78, 5) is 0. The number of hydrogen-bond acceptors (Lipinski definition) is 1. The Morgan fingerprint density at radius 2 is 1.57 bits per heavy atom. The number of nitrogens with one attached hydrogen (secondary N) is 1. The Hall–Kier alpha value is -0.500. The second kappa shape index (κ2) is 11.1. The van der Waals surface area contributed by atoms with E-state index in [2.05, 4.69) is 60.2 Å². The number of anilines is 1. The van der Waals surface area contributed by atoms with Gasteiger partial charge < -0.3 is 5.32 Å². The number of unbranched alkanes of at least 4 members (excludes halogenated alkanes) is 4. The predicted octanol–water partition coefficient (Wildman–Crippen LogP) is 6.95. The van der Waals surface area contributed by atoms with Gasteiger partial charge in [0.15, 0.2) is 0 Å². The Kier molecular flexibility index (Phi) is 9.82. The van der Waals surface area contributed by atoms with Crippen molar-refractivity contribution in [2.24, 2.45) is 0 Å². The summed E-state index contributed by atoms with van der Waals surface area (Å²) in [6.07, 6.45) is 11.7. The van der Waals surface area contributed by atoms with Crippen molar-refractivity contribution >= 4 is 21.6 Å². The average Bonchev–Trinajstić information content (AvgIpc) is 2.49. The molecule has 0 saturated heterocycles. The van der Waals surface area contributed by atoms with Gasteiger partial charge in [-0.3, -0.25) is 0 Å². The molecule has 0 aliphatic heterocycles. The minimum Gasteiger partial charge on any atom is -0.382 e. The van der Waals surface area contributed by atoms with Crippen LogP contribution in [0.25, 0.3) is 0 Å². The molecule has 0 aliphatic rings. The monoisotopic (exact) mass is 353 g/mol. The SMILES string of the molecule is CCCCCC(CCCCC)Nc1ccc(Br)cc1CC. The fourth-order valence-electron chi connectivity index (χ4n) is 2.79. The van der Waals surface area contributed by atoms with Crippen molar-refractivity contribution in [1.29, 1.82) is 0 Å². The van der Waals surface area contributed by atoms with Crippen LogP contribution in [0.3, 0.4) is 0 Å². The zero-order valence-corrected chi connectivity index (χ0v) is 15.6. The van der Waals surface area contributed by atoms with Crippen LogP contribution in [0.2, 0.25) is 0 Å². The van der Waals surface area contributed by atoms with Gasteiger partial charge in [0.1, 0.15) is 0 Å². The van der Waals surface area contributed by atoms with Crippen molar-refractivity contribution in [3.05, 3.63) is 28.2 Å². The fraction of sp³-hybridized carbons (Fsp3) is 0.684. The Morgan fingerprint density at radius 1 is 0.952 bits per heavy atom. The van der Waals surface area contributed by atoms with Gasteiger partial charge in [0.2, 0.25) is 0 Å². The van der Waals surface area contributed by atoms with Crippen molar-refractivity contribution in [2.75, 3.05) is 5.32 Å². The maximum absolute atomic E-state index is 3.82. The first-order valence-electron chi connectivity index (χ1n) is 8.76. The number of benzene rings is 1. The lowest BCUT2D eigenvalue weighted by molar-refractivity contribution is 0.526. The van der Waals surface area contributed by atoms with Gasteiger partial charge in [-0.25, -0.2) is 0 Å². The predicted molar refractivity (Wildman–Crippen MR) is 99.2 cm³/mol. The van der Waals surface area contributed by atoms with Crippen LogP contribution in [0.4, 0.5) is 5.69 Å². The molecule has 1 nitrogen and oxygen atoms in total. The smallest absolute Gasteiger partial charge is 0.0375 e. The lowest BCUT2D eigenvalue weighted by Crippen LogP contribution is -2.20. The van der Waals surface area contributed by atoms with Gasteiger partial charge in [-0.2, -0.15) is 0 Å². The van der Waals surface area contributed by atoms with Crippen LogP contribution < -0.4 is 5.32 Å². The van der Waals surface area contributed by atoms with Gasteiger partial charge >= 0.3 is 0 Å². The van der Waals surface area contributed by atoms with E-state index in [1.54, 1.807) is 0 Å². The van der Waals surface area contributed by atoms with Crippen molar-refractivity contribution in [3.8, 4) is 0 Å². The molecule has 120 valence electrons. The third kappa shape index (κ3) is 7.35. The molecule has 0 fully saturated rings. The molecular weight excluding hydrogens is 322 g/mol. The second-order valence-corrected chi connectivity index (χ2v) is 6.90. The quantitative estimate of drug-likeness (QED) is 0.424. The van der Waals surface area contributed by atoms with Crippen molar-refractivity contribution in [3.63, 3.8) is 0 Å². The Bertz CT molecular complexity index is 379. The van der Waals surface area contributed by atoms with Crippen LogP contribution in [-0.4, -0.2) is 6.04 Å². The molecule has 21 heavy (non-hydrogen) atoms. The van der Waals surface area contributed by atoms with Crippen molar-refractivity contribution in [1.82, 2.24) is 0 Å². The first-order chi connectivity index (χ1) is 10.2. The molecule has 0 unspecified atom stereocenters. The lowest BCUT2D eigenvalue weighted by Gasteiger charge is -2.22. The summed E-state index contributed by atoms with van der Waals surface area (Å²) in [5.74, 6) is 0. The normalized spacial score (nSPS) is 11.1. The van der Waals surface area contributed by atoms with Gasteiger partial charge in [0, 0.05) is 16.2 Å². The molecule has 1 N–H and O–H groups in total. The Morgan fingerprint density at radius 3 is 2.10 bits per heavy atom. The third-order valence-corrected chi connectivity index (χ3v) is 4.61.